The molecule has 0 saturated carbocycles. The standard InChI is InChI=1S/C22H30N2O4/c1-22(2,11-8-17-4-6-19(7-5-17)28-15-14-27-3)24(21(25)26)20-16-23-12-9-18(20)10-13-23/h4-7,18,20H,9-10,12-16H2,1-3H3,(H,25,26). The van der Waals surface area contributed by atoms with Gasteiger partial charge >= 0.3 is 6.09 Å². The Morgan fingerprint density at radius 1 is 1.25 bits per heavy atom. The Hall–Kier alpha value is -2.23. The SMILES string of the molecule is COCCOc1ccc(C#CC(C)(C)N(C(=O)O)C2CN3CCC2CC3)cc1. The van der Waals surface area contributed by atoms with Crippen LogP contribution in [0.4, 0.5) is 4.79 Å². The van der Waals surface area contributed by atoms with Crippen molar-refractivity contribution in [2.75, 3.05) is 40.0 Å². The first-order chi connectivity index (χ1) is 13.4. The zero-order valence-electron chi connectivity index (χ0n) is 17.0. The van der Waals surface area contributed by atoms with Gasteiger partial charge in [-0.3, -0.25) is 4.90 Å². The lowest BCUT2D eigenvalue weighted by Gasteiger charge is -2.51. The molecule has 3 heterocycles. The highest BCUT2D eigenvalue weighted by atomic mass is 16.5. The molecule has 3 saturated heterocycles. The number of ether oxygens (including phenoxy) is 2. The van der Waals surface area contributed by atoms with Gasteiger partial charge in [0.05, 0.1) is 12.6 Å². The lowest BCUT2D eigenvalue weighted by atomic mass is 9.81. The van der Waals surface area contributed by atoms with Crippen molar-refractivity contribution in [3.8, 4) is 17.6 Å². The maximum absolute atomic E-state index is 12.1. The van der Waals surface area contributed by atoms with Crippen molar-refractivity contribution in [1.82, 2.24) is 9.80 Å². The Morgan fingerprint density at radius 3 is 2.46 bits per heavy atom. The van der Waals surface area contributed by atoms with Crippen LogP contribution < -0.4 is 4.74 Å². The lowest BCUT2D eigenvalue weighted by molar-refractivity contribution is -0.0137. The van der Waals surface area contributed by atoms with Crippen LogP contribution in [0.25, 0.3) is 0 Å². The number of carbonyl (C=O) groups is 1. The van der Waals surface area contributed by atoms with E-state index in [2.05, 4.69) is 16.7 Å². The number of hydrogen-bond acceptors (Lipinski definition) is 4. The molecule has 28 heavy (non-hydrogen) atoms. The quantitative estimate of drug-likeness (QED) is 0.602. The van der Waals surface area contributed by atoms with E-state index in [0.29, 0.717) is 19.1 Å². The minimum Gasteiger partial charge on any atom is -0.491 e. The Balaban J connectivity index is 1.72. The molecule has 1 N–H and O–H groups in total. The monoisotopic (exact) mass is 386 g/mol. The highest BCUT2D eigenvalue weighted by molar-refractivity contribution is 5.68. The van der Waals surface area contributed by atoms with Gasteiger partial charge in [0.25, 0.3) is 0 Å². The van der Waals surface area contributed by atoms with Crippen molar-refractivity contribution in [3.63, 3.8) is 0 Å². The van der Waals surface area contributed by atoms with Crippen LogP contribution in [0, 0.1) is 17.8 Å². The second-order valence-electron chi connectivity index (χ2n) is 8.03. The summed E-state index contributed by atoms with van der Waals surface area (Å²) in [5.74, 6) is 7.55. The molecule has 0 radical (unpaired) electrons. The molecular weight excluding hydrogens is 356 g/mol. The number of piperidine rings is 3. The molecule has 3 aliphatic heterocycles. The summed E-state index contributed by atoms with van der Waals surface area (Å²) in [6.07, 6.45) is 1.25. The Kier molecular flexibility index (Phi) is 6.48. The minimum atomic E-state index is -0.889. The van der Waals surface area contributed by atoms with Gasteiger partial charge in [-0.1, -0.05) is 11.8 Å². The van der Waals surface area contributed by atoms with E-state index < -0.39 is 11.6 Å². The van der Waals surface area contributed by atoms with Gasteiger partial charge in [-0.05, 0) is 70.0 Å². The molecule has 6 nitrogen and oxygen atoms in total. The van der Waals surface area contributed by atoms with Gasteiger partial charge < -0.3 is 19.5 Å². The molecule has 1 amide bonds. The normalized spacial score (nSPS) is 23.6. The smallest absolute Gasteiger partial charge is 0.408 e. The summed E-state index contributed by atoms with van der Waals surface area (Å²) in [6, 6.07) is 7.54. The van der Waals surface area contributed by atoms with Gasteiger partial charge in [0.2, 0.25) is 0 Å². The van der Waals surface area contributed by atoms with Gasteiger partial charge in [0.1, 0.15) is 17.9 Å². The second-order valence-corrected chi connectivity index (χ2v) is 8.03. The molecule has 2 bridgehead atoms. The van der Waals surface area contributed by atoms with Gasteiger partial charge in [-0.25, -0.2) is 4.79 Å². The number of rotatable bonds is 6. The molecule has 1 aromatic carbocycles. The van der Waals surface area contributed by atoms with Gasteiger partial charge in [0, 0.05) is 19.2 Å². The van der Waals surface area contributed by atoms with Gasteiger partial charge in [-0.2, -0.15) is 0 Å². The molecule has 4 rings (SSSR count). The number of nitrogens with zero attached hydrogens (tertiary/aromatic N) is 2. The molecule has 1 aromatic rings. The predicted molar refractivity (Wildman–Crippen MR) is 108 cm³/mol. The fraction of sp³-hybridized carbons (Fsp3) is 0.591. The average Bonchev–Trinajstić information content (AvgIpc) is 2.68. The van der Waals surface area contributed by atoms with E-state index in [9.17, 15) is 9.90 Å². The first kappa shape index (κ1) is 20.5. The van der Waals surface area contributed by atoms with Crippen molar-refractivity contribution in [2.45, 2.75) is 38.3 Å². The molecule has 152 valence electrons. The van der Waals surface area contributed by atoms with E-state index in [4.69, 9.17) is 9.47 Å². The van der Waals surface area contributed by atoms with Crippen molar-refractivity contribution < 1.29 is 19.4 Å². The third kappa shape index (κ3) is 4.78. The van der Waals surface area contributed by atoms with E-state index in [1.807, 2.05) is 38.1 Å². The summed E-state index contributed by atoms with van der Waals surface area (Å²) >= 11 is 0. The fourth-order valence-corrected chi connectivity index (χ4v) is 4.18. The molecule has 0 aromatic heterocycles. The zero-order valence-corrected chi connectivity index (χ0v) is 17.0. The van der Waals surface area contributed by atoms with Crippen LogP contribution in [0.5, 0.6) is 5.75 Å². The first-order valence-electron chi connectivity index (χ1n) is 9.90. The van der Waals surface area contributed by atoms with Crippen LogP contribution >= 0.6 is 0 Å². The Morgan fingerprint density at radius 2 is 1.93 bits per heavy atom. The number of amides is 1. The zero-order chi connectivity index (χ0) is 20.1. The lowest BCUT2D eigenvalue weighted by Crippen LogP contribution is -2.63. The molecular formula is C22H30N2O4. The number of carboxylic acid groups (broad SMARTS) is 1. The maximum Gasteiger partial charge on any atom is 0.408 e. The molecule has 6 heteroatoms. The second kappa shape index (κ2) is 8.85. The van der Waals surface area contributed by atoms with Crippen LogP contribution in [-0.2, 0) is 4.74 Å². The van der Waals surface area contributed by atoms with Crippen molar-refractivity contribution in [2.24, 2.45) is 5.92 Å². The van der Waals surface area contributed by atoms with E-state index >= 15 is 0 Å². The molecule has 1 unspecified atom stereocenters. The summed E-state index contributed by atoms with van der Waals surface area (Å²) in [5.41, 5.74) is 0.0781. The summed E-state index contributed by atoms with van der Waals surface area (Å²) in [6.45, 7) is 7.82. The number of methoxy groups -OCH3 is 1. The van der Waals surface area contributed by atoms with E-state index in [-0.39, 0.29) is 6.04 Å². The number of hydrogen-bond donors (Lipinski definition) is 1. The van der Waals surface area contributed by atoms with Gasteiger partial charge in [0.15, 0.2) is 0 Å². The van der Waals surface area contributed by atoms with Crippen LogP contribution in [0.3, 0.4) is 0 Å². The van der Waals surface area contributed by atoms with E-state index in [1.165, 1.54) is 0 Å². The maximum atomic E-state index is 12.1. The summed E-state index contributed by atoms with van der Waals surface area (Å²) in [7, 11) is 1.64. The van der Waals surface area contributed by atoms with E-state index in [0.717, 1.165) is 43.8 Å². The first-order valence-corrected chi connectivity index (χ1v) is 9.90. The molecule has 1 atom stereocenters. The minimum absolute atomic E-state index is 0.0147. The Bertz CT molecular complexity index is 727. The fourth-order valence-electron chi connectivity index (χ4n) is 4.18. The highest BCUT2D eigenvalue weighted by Gasteiger charge is 2.44. The van der Waals surface area contributed by atoms with Gasteiger partial charge in [-0.15, -0.1) is 0 Å². The van der Waals surface area contributed by atoms with Crippen LogP contribution in [0.2, 0.25) is 0 Å². The molecule has 0 aliphatic carbocycles. The largest absolute Gasteiger partial charge is 0.491 e. The molecule has 3 fully saturated rings. The number of fused-ring (bicyclic) bond motifs is 3. The predicted octanol–water partition coefficient (Wildman–Crippen LogP) is 2.92. The van der Waals surface area contributed by atoms with Crippen LogP contribution in [0.15, 0.2) is 24.3 Å². The summed E-state index contributed by atoms with van der Waals surface area (Å²) in [4.78, 5) is 16.1. The third-order valence-corrected chi connectivity index (χ3v) is 5.68. The van der Waals surface area contributed by atoms with Crippen LogP contribution in [-0.4, -0.2) is 72.5 Å². The highest BCUT2D eigenvalue weighted by Crippen LogP contribution is 2.34. The number of benzene rings is 1. The van der Waals surface area contributed by atoms with Crippen molar-refractivity contribution in [1.29, 1.82) is 0 Å². The van der Waals surface area contributed by atoms with E-state index in [1.54, 1.807) is 12.0 Å². The van der Waals surface area contributed by atoms with Crippen molar-refractivity contribution >= 4 is 6.09 Å². The Labute approximate surface area is 167 Å². The topological polar surface area (TPSA) is 62.2 Å². The molecule has 3 aliphatic rings. The third-order valence-electron chi connectivity index (χ3n) is 5.68. The average molecular weight is 386 g/mol. The summed E-state index contributed by atoms with van der Waals surface area (Å²) < 4.78 is 10.5. The van der Waals surface area contributed by atoms with Crippen molar-refractivity contribution in [3.05, 3.63) is 29.8 Å². The van der Waals surface area contributed by atoms with Crippen LogP contribution in [0.1, 0.15) is 32.3 Å². The molecule has 0 spiro atoms. The summed E-state index contributed by atoms with van der Waals surface area (Å²) in [5, 5.41) is 9.94.